The average Bonchev–Trinajstić information content (AvgIpc) is 3.45. The van der Waals surface area contributed by atoms with E-state index in [2.05, 4.69) is 301 Å². The molecule has 12 rings (SSSR count). The van der Waals surface area contributed by atoms with Crippen LogP contribution in [-0.2, 0) is 0 Å². The summed E-state index contributed by atoms with van der Waals surface area (Å²) in [5, 5.41) is 4.91. The van der Waals surface area contributed by atoms with Gasteiger partial charge in [0.2, 0.25) is 0 Å². The zero-order valence-corrected chi connectivity index (χ0v) is 38.6. The van der Waals surface area contributed by atoms with Crippen LogP contribution in [0.4, 0.5) is 34.1 Å². The number of nitrogens with zero attached hydrogens (tertiary/aromatic N) is 2. The number of benzene rings is 12. The van der Waals surface area contributed by atoms with Crippen molar-refractivity contribution in [2.75, 3.05) is 9.80 Å². The van der Waals surface area contributed by atoms with Crippen LogP contribution in [0.3, 0.4) is 0 Å². The van der Waals surface area contributed by atoms with Gasteiger partial charge in [-0.25, -0.2) is 0 Å². The topological polar surface area (TPSA) is 6.48 Å². The van der Waals surface area contributed by atoms with Crippen molar-refractivity contribution in [3.05, 3.63) is 291 Å². The molecule has 330 valence electrons. The number of anilines is 6. The van der Waals surface area contributed by atoms with Crippen LogP contribution in [0.2, 0.25) is 0 Å². The third kappa shape index (κ3) is 8.40. The van der Waals surface area contributed by atoms with Crippen molar-refractivity contribution in [3.8, 4) is 55.6 Å². The van der Waals surface area contributed by atoms with Gasteiger partial charge in [-0.05, 0) is 145 Å². The van der Waals surface area contributed by atoms with E-state index in [0.717, 1.165) is 56.4 Å². The lowest BCUT2D eigenvalue weighted by Gasteiger charge is -2.28. The van der Waals surface area contributed by atoms with E-state index in [9.17, 15) is 0 Å². The summed E-state index contributed by atoms with van der Waals surface area (Å²) in [5.41, 5.74) is 18.3. The number of hydrogen-bond donors (Lipinski definition) is 0. The normalized spacial score (nSPS) is 11.1. The van der Waals surface area contributed by atoms with Crippen molar-refractivity contribution in [3.63, 3.8) is 0 Å². The lowest BCUT2D eigenvalue weighted by Crippen LogP contribution is -2.11. The van der Waals surface area contributed by atoms with Gasteiger partial charge in [0.05, 0.1) is 5.69 Å². The summed E-state index contributed by atoms with van der Waals surface area (Å²) >= 11 is 0. The van der Waals surface area contributed by atoms with Gasteiger partial charge in [0.15, 0.2) is 0 Å². The number of hydrogen-bond acceptors (Lipinski definition) is 2. The molecule has 0 atom stereocenters. The van der Waals surface area contributed by atoms with Gasteiger partial charge in [0.25, 0.3) is 0 Å². The Kier molecular flexibility index (Phi) is 11.3. The third-order valence-electron chi connectivity index (χ3n) is 13.4. The second kappa shape index (κ2) is 18.8. The zero-order chi connectivity index (χ0) is 46.6. The minimum absolute atomic E-state index is 1.07. The Labute approximate surface area is 410 Å². The molecule has 0 N–H and O–H groups in total. The van der Waals surface area contributed by atoms with E-state index < -0.39 is 0 Å². The maximum atomic E-state index is 2.41. The Bertz CT molecular complexity index is 3640. The zero-order valence-electron chi connectivity index (χ0n) is 38.6. The van der Waals surface area contributed by atoms with Gasteiger partial charge in [0.1, 0.15) is 0 Å². The molecule has 0 saturated heterocycles. The average molecular weight is 893 g/mol. The Balaban J connectivity index is 0.938. The largest absolute Gasteiger partial charge is 0.310 e. The molecular formula is C68H48N2. The van der Waals surface area contributed by atoms with Crippen molar-refractivity contribution in [1.82, 2.24) is 0 Å². The fourth-order valence-electron chi connectivity index (χ4n) is 9.90. The van der Waals surface area contributed by atoms with E-state index in [4.69, 9.17) is 0 Å². The minimum Gasteiger partial charge on any atom is -0.310 e. The monoisotopic (exact) mass is 892 g/mol. The molecule has 0 aliphatic rings. The highest BCUT2D eigenvalue weighted by Crippen LogP contribution is 2.44. The highest BCUT2D eigenvalue weighted by Gasteiger charge is 2.20. The molecule has 12 aromatic rings. The van der Waals surface area contributed by atoms with E-state index >= 15 is 0 Å². The minimum atomic E-state index is 1.07. The summed E-state index contributed by atoms with van der Waals surface area (Å²) < 4.78 is 0. The van der Waals surface area contributed by atoms with Gasteiger partial charge in [-0.3, -0.25) is 0 Å². The maximum absolute atomic E-state index is 2.41. The molecule has 70 heavy (non-hydrogen) atoms. The van der Waals surface area contributed by atoms with Crippen molar-refractivity contribution in [1.29, 1.82) is 0 Å². The first kappa shape index (κ1) is 42.1. The fourth-order valence-corrected chi connectivity index (χ4v) is 9.90. The molecule has 2 heteroatoms. The Hall–Kier alpha value is -9.24. The van der Waals surface area contributed by atoms with Gasteiger partial charge in [-0.1, -0.05) is 218 Å². The third-order valence-corrected chi connectivity index (χ3v) is 13.4. The molecule has 0 heterocycles. The molecule has 0 spiro atoms. The van der Waals surface area contributed by atoms with Gasteiger partial charge in [0, 0.05) is 33.8 Å². The molecular weight excluding hydrogens is 845 g/mol. The van der Waals surface area contributed by atoms with Crippen LogP contribution in [0.15, 0.2) is 291 Å². The predicted octanol–water partition coefficient (Wildman–Crippen LogP) is 19.3. The lowest BCUT2D eigenvalue weighted by atomic mass is 9.97. The van der Waals surface area contributed by atoms with Crippen molar-refractivity contribution in [2.45, 2.75) is 0 Å². The molecule has 0 bridgehead atoms. The van der Waals surface area contributed by atoms with E-state index in [1.165, 1.54) is 54.9 Å². The quantitative estimate of drug-likeness (QED) is 0.119. The van der Waals surface area contributed by atoms with Crippen molar-refractivity contribution >= 4 is 55.7 Å². The Morgan fingerprint density at radius 1 is 0.171 bits per heavy atom. The number of rotatable bonds is 11. The summed E-state index contributed by atoms with van der Waals surface area (Å²) in [5.74, 6) is 0. The van der Waals surface area contributed by atoms with Gasteiger partial charge in [-0.2, -0.15) is 0 Å². The van der Waals surface area contributed by atoms with E-state index in [1.807, 2.05) is 0 Å². The standard InChI is InChI=1S/C68H48N2/c1-5-17-49(18-6-1)53-29-37-60(38-30-53)69(64-46-58(51-21-9-3-10-22-51)45-59(47-64)52-23-11-4-12-24-52)61-39-31-55(32-40-61)56-35-43-63(44-36-56)70(62-41-33-54(34-42-62)50-19-7-2-8-20-50)68-48-57-25-13-14-26-65(57)66-27-15-16-28-67(66)68/h1-48H. The molecule has 12 aromatic carbocycles. The van der Waals surface area contributed by atoms with Crippen LogP contribution in [-0.4, -0.2) is 0 Å². The first-order valence-electron chi connectivity index (χ1n) is 24.0. The molecule has 2 nitrogen and oxygen atoms in total. The highest BCUT2D eigenvalue weighted by atomic mass is 15.1. The first-order chi connectivity index (χ1) is 34.7. The Morgan fingerprint density at radius 2 is 0.471 bits per heavy atom. The molecule has 0 radical (unpaired) electrons. The molecule has 0 amide bonds. The van der Waals surface area contributed by atoms with Crippen LogP contribution in [0.25, 0.3) is 77.2 Å². The van der Waals surface area contributed by atoms with Crippen molar-refractivity contribution in [2.24, 2.45) is 0 Å². The smallest absolute Gasteiger partial charge is 0.0546 e. The summed E-state index contributed by atoms with van der Waals surface area (Å²) in [6.45, 7) is 0. The lowest BCUT2D eigenvalue weighted by molar-refractivity contribution is 1.28. The second-order valence-electron chi connectivity index (χ2n) is 17.8. The highest BCUT2D eigenvalue weighted by molar-refractivity contribution is 6.14. The molecule has 0 unspecified atom stereocenters. The van der Waals surface area contributed by atoms with Gasteiger partial charge in [-0.15, -0.1) is 0 Å². The summed E-state index contributed by atoms with van der Waals surface area (Å²) in [4.78, 5) is 4.79. The first-order valence-corrected chi connectivity index (χ1v) is 24.0. The fraction of sp³-hybridized carbons (Fsp3) is 0. The summed E-state index contributed by atoms with van der Waals surface area (Å²) in [6.07, 6.45) is 0. The van der Waals surface area contributed by atoms with Crippen LogP contribution in [0.1, 0.15) is 0 Å². The molecule has 0 aliphatic heterocycles. The van der Waals surface area contributed by atoms with Crippen molar-refractivity contribution < 1.29 is 0 Å². The molecule has 0 aliphatic carbocycles. The van der Waals surface area contributed by atoms with E-state index in [-0.39, 0.29) is 0 Å². The van der Waals surface area contributed by atoms with Crippen LogP contribution in [0.5, 0.6) is 0 Å². The maximum Gasteiger partial charge on any atom is 0.0546 e. The number of fused-ring (bicyclic) bond motifs is 3. The molecule has 0 saturated carbocycles. The van der Waals surface area contributed by atoms with E-state index in [1.54, 1.807) is 0 Å². The molecule has 0 fully saturated rings. The summed E-state index contributed by atoms with van der Waals surface area (Å²) in [7, 11) is 0. The van der Waals surface area contributed by atoms with Gasteiger partial charge < -0.3 is 9.80 Å². The van der Waals surface area contributed by atoms with E-state index in [0.29, 0.717) is 0 Å². The Morgan fingerprint density at radius 3 is 0.871 bits per heavy atom. The van der Waals surface area contributed by atoms with Crippen LogP contribution in [0, 0.1) is 0 Å². The van der Waals surface area contributed by atoms with Gasteiger partial charge >= 0.3 is 0 Å². The predicted molar refractivity (Wildman–Crippen MR) is 298 cm³/mol. The molecule has 0 aromatic heterocycles. The SMILES string of the molecule is c1ccc(-c2ccc(N(c3ccc(-c4ccc(N(c5ccc(-c6ccccc6)cc5)c5cc6ccccc6c6ccccc56)cc4)cc3)c3cc(-c4ccccc4)cc(-c4ccccc4)c3)cc2)cc1. The second-order valence-corrected chi connectivity index (χ2v) is 17.8. The summed E-state index contributed by atoms with van der Waals surface area (Å²) in [6, 6.07) is 105. The van der Waals surface area contributed by atoms with Crippen LogP contribution < -0.4 is 9.80 Å². The van der Waals surface area contributed by atoms with Crippen LogP contribution >= 0.6 is 0 Å².